The van der Waals surface area contributed by atoms with Crippen LogP contribution in [0.25, 0.3) is 11.1 Å². The van der Waals surface area contributed by atoms with Gasteiger partial charge >= 0.3 is 0 Å². The normalized spacial score (nSPS) is 16.4. The minimum atomic E-state index is -0.114. The van der Waals surface area contributed by atoms with Crippen molar-refractivity contribution in [3.8, 4) is 11.5 Å². The SMILES string of the molecule is COc1ccc(C2=C(c3ccc(N4CCC(C(OC)OC)CC4)cc3)c3ccc(OC)cc3CCC2)cc1. The van der Waals surface area contributed by atoms with Crippen LogP contribution >= 0.6 is 0 Å². The third-order valence-corrected chi connectivity index (χ3v) is 8.11. The summed E-state index contributed by atoms with van der Waals surface area (Å²) >= 11 is 0. The molecule has 1 saturated heterocycles. The summed E-state index contributed by atoms with van der Waals surface area (Å²) in [6.07, 6.45) is 5.17. The smallest absolute Gasteiger partial charge is 0.159 e. The minimum absolute atomic E-state index is 0.114. The van der Waals surface area contributed by atoms with E-state index < -0.39 is 0 Å². The summed E-state index contributed by atoms with van der Waals surface area (Å²) in [6, 6.07) is 24.2. The fourth-order valence-electron chi connectivity index (χ4n) is 6.05. The number of aryl methyl sites for hydroxylation is 1. The van der Waals surface area contributed by atoms with Gasteiger partial charge in [0, 0.05) is 38.9 Å². The molecular weight excluding hydrogens is 474 g/mol. The largest absolute Gasteiger partial charge is 0.497 e. The number of rotatable bonds is 8. The molecule has 5 rings (SSSR count). The van der Waals surface area contributed by atoms with Crippen LogP contribution in [-0.2, 0) is 15.9 Å². The molecule has 0 bridgehead atoms. The van der Waals surface area contributed by atoms with Crippen LogP contribution in [0.2, 0.25) is 0 Å². The van der Waals surface area contributed by atoms with Crippen LogP contribution in [-0.4, -0.2) is 47.8 Å². The summed E-state index contributed by atoms with van der Waals surface area (Å²) in [5, 5.41) is 0. The van der Waals surface area contributed by atoms with Gasteiger partial charge in [-0.15, -0.1) is 0 Å². The number of fused-ring (bicyclic) bond motifs is 1. The van der Waals surface area contributed by atoms with Crippen LogP contribution in [0.3, 0.4) is 0 Å². The molecule has 5 heteroatoms. The van der Waals surface area contributed by atoms with E-state index >= 15 is 0 Å². The fraction of sp³-hybridized carbons (Fsp3) is 0.394. The van der Waals surface area contributed by atoms with Gasteiger partial charge in [-0.25, -0.2) is 0 Å². The number of anilines is 1. The molecule has 1 aliphatic heterocycles. The molecule has 3 aromatic carbocycles. The van der Waals surface area contributed by atoms with Crippen molar-refractivity contribution >= 4 is 16.8 Å². The molecule has 0 spiro atoms. The number of methoxy groups -OCH3 is 4. The zero-order chi connectivity index (χ0) is 26.5. The number of benzene rings is 3. The van der Waals surface area contributed by atoms with Crippen LogP contribution in [0.1, 0.15) is 47.9 Å². The highest BCUT2D eigenvalue weighted by Gasteiger charge is 2.27. The van der Waals surface area contributed by atoms with E-state index in [1.807, 2.05) is 0 Å². The van der Waals surface area contributed by atoms with Gasteiger partial charge in [0.25, 0.3) is 0 Å². The minimum Gasteiger partial charge on any atom is -0.497 e. The molecule has 0 unspecified atom stereocenters. The van der Waals surface area contributed by atoms with Crippen molar-refractivity contribution < 1.29 is 18.9 Å². The third kappa shape index (κ3) is 5.45. The van der Waals surface area contributed by atoms with Crippen LogP contribution in [0.4, 0.5) is 5.69 Å². The van der Waals surface area contributed by atoms with Crippen molar-refractivity contribution in [2.45, 2.75) is 38.4 Å². The lowest BCUT2D eigenvalue weighted by molar-refractivity contribution is -0.141. The second-order valence-electron chi connectivity index (χ2n) is 10.2. The van der Waals surface area contributed by atoms with E-state index in [0.29, 0.717) is 5.92 Å². The predicted molar refractivity (Wildman–Crippen MR) is 154 cm³/mol. The first-order valence-corrected chi connectivity index (χ1v) is 13.6. The Morgan fingerprint density at radius 1 is 0.711 bits per heavy atom. The highest BCUT2D eigenvalue weighted by atomic mass is 16.7. The van der Waals surface area contributed by atoms with Gasteiger partial charge in [0.2, 0.25) is 0 Å². The zero-order valence-electron chi connectivity index (χ0n) is 23.0. The van der Waals surface area contributed by atoms with Crippen molar-refractivity contribution in [2.24, 2.45) is 5.92 Å². The van der Waals surface area contributed by atoms with Crippen molar-refractivity contribution in [1.82, 2.24) is 0 Å². The quantitative estimate of drug-likeness (QED) is 0.309. The van der Waals surface area contributed by atoms with Crippen molar-refractivity contribution in [3.63, 3.8) is 0 Å². The molecule has 1 heterocycles. The molecule has 0 aromatic heterocycles. The van der Waals surface area contributed by atoms with E-state index in [-0.39, 0.29) is 6.29 Å². The van der Waals surface area contributed by atoms with Crippen LogP contribution in [0, 0.1) is 5.92 Å². The maximum Gasteiger partial charge on any atom is 0.159 e. The lowest BCUT2D eigenvalue weighted by Gasteiger charge is -2.36. The standard InChI is InChI=1S/C33H39NO4/c1-35-28-14-10-23(11-15-28)30-7-5-6-26-22-29(36-2)16-17-31(26)32(30)24-8-12-27(13-9-24)34-20-18-25(19-21-34)33(37-3)38-4/h8-17,22,25,33H,5-7,18-21H2,1-4H3. The molecule has 3 aromatic rings. The lowest BCUT2D eigenvalue weighted by atomic mass is 9.87. The van der Waals surface area contributed by atoms with E-state index in [0.717, 1.165) is 56.7 Å². The molecule has 5 nitrogen and oxygen atoms in total. The van der Waals surface area contributed by atoms with Gasteiger partial charge in [-0.1, -0.05) is 30.3 Å². The monoisotopic (exact) mass is 513 g/mol. The molecule has 0 atom stereocenters. The summed E-state index contributed by atoms with van der Waals surface area (Å²) in [5.41, 5.74) is 9.12. The summed E-state index contributed by atoms with van der Waals surface area (Å²) in [4.78, 5) is 2.48. The number of hydrogen-bond donors (Lipinski definition) is 0. The Hall–Kier alpha value is -3.28. The number of hydrogen-bond acceptors (Lipinski definition) is 5. The Balaban J connectivity index is 1.49. The van der Waals surface area contributed by atoms with E-state index in [9.17, 15) is 0 Å². The Labute approximate surface area is 227 Å². The van der Waals surface area contributed by atoms with Gasteiger partial charge in [0.15, 0.2) is 6.29 Å². The van der Waals surface area contributed by atoms with Gasteiger partial charge in [-0.3, -0.25) is 0 Å². The van der Waals surface area contributed by atoms with Gasteiger partial charge in [-0.2, -0.15) is 0 Å². The van der Waals surface area contributed by atoms with Gasteiger partial charge in [0.1, 0.15) is 11.5 Å². The van der Waals surface area contributed by atoms with E-state index in [2.05, 4.69) is 71.6 Å². The predicted octanol–water partition coefficient (Wildman–Crippen LogP) is 6.83. The maximum absolute atomic E-state index is 5.57. The van der Waals surface area contributed by atoms with E-state index in [4.69, 9.17) is 18.9 Å². The molecule has 38 heavy (non-hydrogen) atoms. The van der Waals surface area contributed by atoms with Gasteiger partial charge in [0.05, 0.1) is 14.2 Å². The summed E-state index contributed by atoms with van der Waals surface area (Å²) < 4.78 is 22.0. The average molecular weight is 514 g/mol. The summed E-state index contributed by atoms with van der Waals surface area (Å²) in [6.45, 7) is 2.02. The summed E-state index contributed by atoms with van der Waals surface area (Å²) in [5.74, 6) is 2.24. The third-order valence-electron chi connectivity index (χ3n) is 8.11. The fourth-order valence-corrected chi connectivity index (χ4v) is 6.05. The molecule has 0 saturated carbocycles. The Morgan fingerprint density at radius 3 is 1.97 bits per heavy atom. The molecule has 200 valence electrons. The molecule has 0 radical (unpaired) electrons. The van der Waals surface area contributed by atoms with Crippen molar-refractivity contribution in [2.75, 3.05) is 46.4 Å². The van der Waals surface area contributed by atoms with Crippen LogP contribution in [0.15, 0.2) is 66.7 Å². The van der Waals surface area contributed by atoms with Gasteiger partial charge < -0.3 is 23.8 Å². The van der Waals surface area contributed by atoms with Crippen molar-refractivity contribution in [1.29, 1.82) is 0 Å². The number of nitrogens with zero attached hydrogens (tertiary/aromatic N) is 1. The molecule has 1 aliphatic carbocycles. The van der Waals surface area contributed by atoms with Crippen molar-refractivity contribution in [3.05, 3.63) is 89.0 Å². The first kappa shape index (κ1) is 26.3. The van der Waals surface area contributed by atoms with E-state index in [1.165, 1.54) is 39.1 Å². The molecule has 0 amide bonds. The maximum atomic E-state index is 5.57. The zero-order valence-corrected chi connectivity index (χ0v) is 23.0. The first-order valence-electron chi connectivity index (χ1n) is 13.6. The topological polar surface area (TPSA) is 40.2 Å². The number of piperidine rings is 1. The highest BCUT2D eigenvalue weighted by molar-refractivity contribution is 6.00. The molecule has 2 aliphatic rings. The van der Waals surface area contributed by atoms with Gasteiger partial charge in [-0.05, 0) is 102 Å². The van der Waals surface area contributed by atoms with Crippen LogP contribution < -0.4 is 14.4 Å². The lowest BCUT2D eigenvalue weighted by Crippen LogP contribution is -2.39. The first-order chi connectivity index (χ1) is 18.6. The second-order valence-corrected chi connectivity index (χ2v) is 10.2. The molecule has 0 N–H and O–H groups in total. The Bertz CT molecular complexity index is 1240. The van der Waals surface area contributed by atoms with E-state index in [1.54, 1.807) is 28.4 Å². The average Bonchev–Trinajstić information content (AvgIpc) is 3.17. The number of ether oxygens (including phenoxy) is 4. The summed E-state index contributed by atoms with van der Waals surface area (Å²) in [7, 11) is 6.92. The molecule has 1 fully saturated rings. The Morgan fingerprint density at radius 2 is 1.34 bits per heavy atom. The van der Waals surface area contributed by atoms with Crippen LogP contribution in [0.5, 0.6) is 11.5 Å². The Kier molecular flexibility index (Phi) is 8.35. The highest BCUT2D eigenvalue weighted by Crippen LogP contribution is 2.41. The number of allylic oxidation sites excluding steroid dienone is 1. The molecular formula is C33H39NO4. The second kappa shape index (κ2) is 12.1.